The third kappa shape index (κ3) is 5.48. The molecule has 1 aromatic heterocycles. The molecule has 22 heavy (non-hydrogen) atoms. The van der Waals surface area contributed by atoms with Crippen molar-refractivity contribution in [3.8, 4) is 0 Å². The van der Waals surface area contributed by atoms with Crippen molar-refractivity contribution >= 4 is 6.09 Å². The van der Waals surface area contributed by atoms with Crippen molar-refractivity contribution in [1.82, 2.24) is 15.2 Å². The zero-order chi connectivity index (χ0) is 16.0. The molecule has 5 nitrogen and oxygen atoms in total. The van der Waals surface area contributed by atoms with E-state index in [0.29, 0.717) is 6.54 Å². The van der Waals surface area contributed by atoms with Crippen LogP contribution in [0.15, 0.2) is 36.2 Å². The molecule has 120 valence electrons. The van der Waals surface area contributed by atoms with Gasteiger partial charge in [0.15, 0.2) is 0 Å². The number of amides is 1. The third-order valence-corrected chi connectivity index (χ3v) is 3.39. The second kappa shape index (κ2) is 7.40. The molecular formula is C17H25N3O2. The second-order valence-electron chi connectivity index (χ2n) is 6.50. The molecule has 0 aromatic carbocycles. The van der Waals surface area contributed by atoms with Crippen LogP contribution in [0.2, 0.25) is 0 Å². The van der Waals surface area contributed by atoms with E-state index in [1.807, 2.05) is 32.9 Å². The fraction of sp³-hybridized carbons (Fsp3) is 0.529. The highest BCUT2D eigenvalue weighted by molar-refractivity contribution is 5.68. The van der Waals surface area contributed by atoms with Crippen LogP contribution in [0, 0.1) is 0 Å². The van der Waals surface area contributed by atoms with Crippen LogP contribution in [-0.2, 0) is 11.3 Å². The number of hydrogen-bond donors (Lipinski definition) is 1. The molecule has 0 atom stereocenters. The summed E-state index contributed by atoms with van der Waals surface area (Å²) in [6.45, 7) is 8.69. The minimum absolute atomic E-state index is 0.229. The van der Waals surface area contributed by atoms with Gasteiger partial charge in [-0.3, -0.25) is 4.98 Å². The Balaban J connectivity index is 1.73. The molecule has 0 unspecified atom stereocenters. The van der Waals surface area contributed by atoms with Gasteiger partial charge in [-0.2, -0.15) is 0 Å². The molecule has 2 heterocycles. The standard InChI is InChI=1S/C17H25N3O2/c1-17(2,3)22-16(21)20-10-6-15(7-11-20)13-19-12-14-4-8-18-9-5-14/h4-6,8-9,19H,7,10-13H2,1-3H3. The van der Waals surface area contributed by atoms with Crippen molar-refractivity contribution in [3.63, 3.8) is 0 Å². The van der Waals surface area contributed by atoms with Crippen LogP contribution in [0.25, 0.3) is 0 Å². The van der Waals surface area contributed by atoms with Crippen molar-refractivity contribution in [2.75, 3.05) is 19.6 Å². The van der Waals surface area contributed by atoms with E-state index in [-0.39, 0.29) is 6.09 Å². The number of aromatic nitrogens is 1. The fourth-order valence-corrected chi connectivity index (χ4v) is 2.23. The monoisotopic (exact) mass is 303 g/mol. The summed E-state index contributed by atoms with van der Waals surface area (Å²) in [6.07, 6.45) is 6.38. The molecule has 1 N–H and O–H groups in total. The minimum Gasteiger partial charge on any atom is -0.444 e. The quantitative estimate of drug-likeness (QED) is 0.869. The van der Waals surface area contributed by atoms with Gasteiger partial charge in [-0.25, -0.2) is 4.79 Å². The number of nitrogens with one attached hydrogen (secondary N) is 1. The Kier molecular flexibility index (Phi) is 5.55. The first-order valence-electron chi connectivity index (χ1n) is 7.69. The number of hydrogen-bond acceptors (Lipinski definition) is 4. The second-order valence-corrected chi connectivity index (χ2v) is 6.50. The van der Waals surface area contributed by atoms with Gasteiger partial charge in [-0.15, -0.1) is 0 Å². The van der Waals surface area contributed by atoms with Gasteiger partial charge in [0.05, 0.1) is 0 Å². The molecule has 0 saturated carbocycles. The predicted octanol–water partition coefficient (Wildman–Crippen LogP) is 2.74. The van der Waals surface area contributed by atoms with Crippen molar-refractivity contribution < 1.29 is 9.53 Å². The summed E-state index contributed by atoms with van der Waals surface area (Å²) in [6, 6.07) is 4.01. The van der Waals surface area contributed by atoms with Gasteiger partial charge in [0.25, 0.3) is 0 Å². The Morgan fingerprint density at radius 2 is 2.05 bits per heavy atom. The smallest absolute Gasteiger partial charge is 0.410 e. The molecule has 0 fully saturated rings. The Morgan fingerprint density at radius 3 is 2.64 bits per heavy atom. The van der Waals surface area contributed by atoms with Crippen molar-refractivity contribution in [1.29, 1.82) is 0 Å². The largest absolute Gasteiger partial charge is 0.444 e. The first-order valence-corrected chi connectivity index (χ1v) is 7.69. The third-order valence-electron chi connectivity index (χ3n) is 3.39. The lowest BCUT2D eigenvalue weighted by Gasteiger charge is -2.29. The Hall–Kier alpha value is -1.88. The molecule has 2 rings (SSSR count). The van der Waals surface area contributed by atoms with Gasteiger partial charge in [0.1, 0.15) is 5.60 Å². The van der Waals surface area contributed by atoms with E-state index in [1.54, 1.807) is 17.3 Å². The van der Waals surface area contributed by atoms with Crippen LogP contribution in [0.1, 0.15) is 32.8 Å². The molecule has 5 heteroatoms. The van der Waals surface area contributed by atoms with Crippen molar-refractivity contribution in [3.05, 3.63) is 41.7 Å². The van der Waals surface area contributed by atoms with E-state index in [4.69, 9.17) is 4.74 Å². The molecule has 1 aromatic rings. The molecule has 0 aliphatic carbocycles. The number of carbonyl (C=O) groups is 1. The molecule has 0 bridgehead atoms. The van der Waals surface area contributed by atoms with Crippen LogP contribution < -0.4 is 5.32 Å². The lowest BCUT2D eigenvalue weighted by molar-refractivity contribution is 0.0265. The summed E-state index contributed by atoms with van der Waals surface area (Å²) in [4.78, 5) is 17.7. The first-order chi connectivity index (χ1) is 10.4. The molecule has 0 radical (unpaired) electrons. The normalized spacial score (nSPS) is 15.4. The predicted molar refractivity (Wildman–Crippen MR) is 86.5 cm³/mol. The maximum Gasteiger partial charge on any atom is 0.410 e. The highest BCUT2D eigenvalue weighted by Gasteiger charge is 2.23. The summed E-state index contributed by atoms with van der Waals surface area (Å²) in [5, 5.41) is 3.42. The summed E-state index contributed by atoms with van der Waals surface area (Å²) in [7, 11) is 0. The summed E-state index contributed by atoms with van der Waals surface area (Å²) < 4.78 is 5.39. The van der Waals surface area contributed by atoms with Gasteiger partial charge in [0.2, 0.25) is 0 Å². The number of pyridine rings is 1. The molecule has 1 amide bonds. The molecule has 0 saturated heterocycles. The van der Waals surface area contributed by atoms with Crippen LogP contribution in [0.3, 0.4) is 0 Å². The van der Waals surface area contributed by atoms with Gasteiger partial charge in [-0.05, 0) is 44.9 Å². The van der Waals surface area contributed by atoms with Gasteiger partial charge in [0, 0.05) is 38.6 Å². The highest BCUT2D eigenvalue weighted by Crippen LogP contribution is 2.15. The number of ether oxygens (including phenoxy) is 1. The summed E-state index contributed by atoms with van der Waals surface area (Å²) in [5.41, 5.74) is 2.13. The first kappa shape index (κ1) is 16.5. The highest BCUT2D eigenvalue weighted by atomic mass is 16.6. The summed E-state index contributed by atoms with van der Waals surface area (Å²) in [5.74, 6) is 0. The van der Waals surface area contributed by atoms with E-state index in [0.717, 1.165) is 26.1 Å². The molecule has 1 aliphatic rings. The van der Waals surface area contributed by atoms with Crippen molar-refractivity contribution in [2.45, 2.75) is 39.3 Å². The maximum atomic E-state index is 12.0. The van der Waals surface area contributed by atoms with Crippen LogP contribution in [0.5, 0.6) is 0 Å². The minimum atomic E-state index is -0.437. The SMILES string of the molecule is CC(C)(C)OC(=O)N1CC=C(CNCc2ccncc2)CC1. The number of rotatable bonds is 4. The topological polar surface area (TPSA) is 54.5 Å². The molecule has 1 aliphatic heterocycles. The van der Waals surface area contributed by atoms with E-state index >= 15 is 0 Å². The van der Waals surface area contributed by atoms with Crippen molar-refractivity contribution in [2.24, 2.45) is 0 Å². The fourth-order valence-electron chi connectivity index (χ4n) is 2.23. The van der Waals surface area contributed by atoms with Gasteiger partial charge < -0.3 is 15.0 Å². The van der Waals surface area contributed by atoms with E-state index in [9.17, 15) is 4.79 Å². The summed E-state index contributed by atoms with van der Waals surface area (Å²) >= 11 is 0. The number of nitrogens with zero attached hydrogens (tertiary/aromatic N) is 2. The van der Waals surface area contributed by atoms with Gasteiger partial charge in [-0.1, -0.05) is 11.6 Å². The van der Waals surface area contributed by atoms with Crippen LogP contribution in [-0.4, -0.2) is 41.2 Å². The Bertz CT molecular complexity index is 520. The zero-order valence-corrected chi connectivity index (χ0v) is 13.6. The average Bonchev–Trinajstić information content (AvgIpc) is 2.47. The van der Waals surface area contributed by atoms with E-state index < -0.39 is 5.60 Å². The average molecular weight is 303 g/mol. The molecule has 0 spiro atoms. The Labute approximate surface area is 132 Å². The number of carbonyl (C=O) groups excluding carboxylic acids is 1. The van der Waals surface area contributed by atoms with E-state index in [2.05, 4.69) is 16.4 Å². The van der Waals surface area contributed by atoms with Crippen LogP contribution >= 0.6 is 0 Å². The lowest BCUT2D eigenvalue weighted by Crippen LogP contribution is -2.39. The van der Waals surface area contributed by atoms with E-state index in [1.165, 1.54) is 11.1 Å². The zero-order valence-electron chi connectivity index (χ0n) is 13.6. The Morgan fingerprint density at radius 1 is 1.32 bits per heavy atom. The maximum absolute atomic E-state index is 12.0. The molecular weight excluding hydrogens is 278 g/mol. The van der Waals surface area contributed by atoms with Gasteiger partial charge >= 0.3 is 6.09 Å². The van der Waals surface area contributed by atoms with Crippen LogP contribution in [0.4, 0.5) is 4.79 Å². The lowest BCUT2D eigenvalue weighted by atomic mass is 10.1.